The van der Waals surface area contributed by atoms with Gasteiger partial charge in [0.15, 0.2) is 0 Å². The highest BCUT2D eigenvalue weighted by atomic mass is 15.2. The first-order valence-corrected chi connectivity index (χ1v) is 6.11. The molecule has 2 heterocycles. The van der Waals surface area contributed by atoms with Gasteiger partial charge >= 0.3 is 0 Å². The van der Waals surface area contributed by atoms with Crippen molar-refractivity contribution in [1.29, 1.82) is 0 Å². The van der Waals surface area contributed by atoms with Crippen molar-refractivity contribution in [2.75, 3.05) is 13.6 Å². The summed E-state index contributed by atoms with van der Waals surface area (Å²) in [4.78, 5) is 2.58. The molecule has 2 aliphatic heterocycles. The van der Waals surface area contributed by atoms with Crippen molar-refractivity contribution in [3.8, 4) is 0 Å². The number of piperidine rings is 1. The van der Waals surface area contributed by atoms with E-state index in [4.69, 9.17) is 0 Å². The third kappa shape index (κ3) is 2.29. The van der Waals surface area contributed by atoms with E-state index >= 15 is 0 Å². The minimum Gasteiger partial charge on any atom is -0.311 e. The summed E-state index contributed by atoms with van der Waals surface area (Å²) in [5, 5.41) is 3.70. The predicted molar refractivity (Wildman–Crippen MR) is 60.4 cm³/mol. The topological polar surface area (TPSA) is 15.3 Å². The first-order valence-electron chi connectivity index (χ1n) is 6.11. The van der Waals surface area contributed by atoms with Gasteiger partial charge in [-0.05, 0) is 38.6 Å². The van der Waals surface area contributed by atoms with Crippen LogP contribution in [0.15, 0.2) is 0 Å². The van der Waals surface area contributed by atoms with Gasteiger partial charge in [-0.1, -0.05) is 13.8 Å². The van der Waals surface area contributed by atoms with Crippen LogP contribution < -0.4 is 5.32 Å². The lowest BCUT2D eigenvalue weighted by molar-refractivity contribution is 0.158. The van der Waals surface area contributed by atoms with E-state index in [9.17, 15) is 0 Å². The van der Waals surface area contributed by atoms with Gasteiger partial charge in [0.25, 0.3) is 0 Å². The van der Waals surface area contributed by atoms with Crippen LogP contribution in [0.25, 0.3) is 0 Å². The third-order valence-electron chi connectivity index (χ3n) is 3.72. The normalized spacial score (nSPS) is 37.1. The van der Waals surface area contributed by atoms with Gasteiger partial charge in [-0.15, -0.1) is 0 Å². The van der Waals surface area contributed by atoms with Crippen LogP contribution in [0, 0.1) is 5.92 Å². The van der Waals surface area contributed by atoms with Crippen LogP contribution in [0.1, 0.15) is 39.5 Å². The predicted octanol–water partition coefficient (Wildman–Crippen LogP) is 1.86. The molecule has 2 atom stereocenters. The molecule has 2 fully saturated rings. The highest BCUT2D eigenvalue weighted by molar-refractivity contribution is 4.95. The molecule has 14 heavy (non-hydrogen) atoms. The van der Waals surface area contributed by atoms with Crippen molar-refractivity contribution in [2.45, 2.75) is 57.7 Å². The highest BCUT2D eigenvalue weighted by Crippen LogP contribution is 2.29. The fourth-order valence-electron chi connectivity index (χ4n) is 3.11. The van der Waals surface area contributed by atoms with Crippen molar-refractivity contribution in [3.05, 3.63) is 0 Å². The van der Waals surface area contributed by atoms with Crippen molar-refractivity contribution >= 4 is 0 Å². The van der Waals surface area contributed by atoms with Crippen LogP contribution >= 0.6 is 0 Å². The van der Waals surface area contributed by atoms with Crippen molar-refractivity contribution in [1.82, 2.24) is 10.2 Å². The molecule has 0 radical (unpaired) electrons. The molecule has 0 spiro atoms. The lowest BCUT2D eigenvalue weighted by Gasteiger charge is -2.36. The number of hydrogen-bond donors (Lipinski definition) is 1. The van der Waals surface area contributed by atoms with Gasteiger partial charge in [-0.3, -0.25) is 0 Å². The SMILES string of the molecule is CC(C)CN(C)C1CC2CCC(C1)N2. The van der Waals surface area contributed by atoms with Crippen LogP contribution in [-0.4, -0.2) is 36.6 Å². The maximum Gasteiger partial charge on any atom is 0.0122 e. The Morgan fingerprint density at radius 2 is 1.79 bits per heavy atom. The number of fused-ring (bicyclic) bond motifs is 2. The molecular weight excluding hydrogens is 172 g/mol. The maximum atomic E-state index is 3.70. The van der Waals surface area contributed by atoms with E-state index in [0.717, 1.165) is 24.0 Å². The summed E-state index contributed by atoms with van der Waals surface area (Å²) in [5.74, 6) is 0.799. The van der Waals surface area contributed by atoms with Crippen molar-refractivity contribution < 1.29 is 0 Å². The number of nitrogens with zero attached hydrogens (tertiary/aromatic N) is 1. The van der Waals surface area contributed by atoms with Crippen LogP contribution in [0.4, 0.5) is 0 Å². The van der Waals surface area contributed by atoms with E-state index in [1.54, 1.807) is 0 Å². The first kappa shape index (κ1) is 10.4. The summed E-state index contributed by atoms with van der Waals surface area (Å²) in [7, 11) is 2.30. The van der Waals surface area contributed by atoms with Gasteiger partial charge in [-0.25, -0.2) is 0 Å². The quantitative estimate of drug-likeness (QED) is 0.741. The van der Waals surface area contributed by atoms with Crippen molar-refractivity contribution in [3.63, 3.8) is 0 Å². The molecule has 0 aromatic rings. The molecule has 1 N–H and O–H groups in total. The molecule has 2 bridgehead atoms. The minimum atomic E-state index is 0.799. The molecule has 2 unspecified atom stereocenters. The Morgan fingerprint density at radius 3 is 2.29 bits per heavy atom. The Labute approximate surface area is 88.1 Å². The van der Waals surface area contributed by atoms with Crippen LogP contribution in [-0.2, 0) is 0 Å². The molecule has 82 valence electrons. The van der Waals surface area contributed by atoms with Gasteiger partial charge in [0.1, 0.15) is 0 Å². The van der Waals surface area contributed by atoms with Gasteiger partial charge in [0, 0.05) is 24.7 Å². The zero-order chi connectivity index (χ0) is 10.1. The van der Waals surface area contributed by atoms with E-state index in [1.165, 1.54) is 32.2 Å². The molecule has 0 aromatic carbocycles. The summed E-state index contributed by atoms with van der Waals surface area (Å²) in [5.41, 5.74) is 0. The molecule has 0 saturated carbocycles. The highest BCUT2D eigenvalue weighted by Gasteiger charge is 2.34. The number of hydrogen-bond acceptors (Lipinski definition) is 2. The van der Waals surface area contributed by atoms with Gasteiger partial charge < -0.3 is 10.2 Å². The molecule has 0 aromatic heterocycles. The fraction of sp³-hybridized carbons (Fsp3) is 1.00. The Balaban J connectivity index is 1.86. The molecule has 2 saturated heterocycles. The minimum absolute atomic E-state index is 0.799. The Morgan fingerprint density at radius 1 is 1.21 bits per heavy atom. The first-order chi connectivity index (χ1) is 6.65. The monoisotopic (exact) mass is 196 g/mol. The van der Waals surface area contributed by atoms with Gasteiger partial charge in [-0.2, -0.15) is 0 Å². The van der Waals surface area contributed by atoms with Crippen molar-refractivity contribution in [2.24, 2.45) is 5.92 Å². The standard InChI is InChI=1S/C12H24N2/c1-9(2)8-14(3)12-6-10-4-5-11(7-12)13-10/h9-13H,4-8H2,1-3H3. The van der Waals surface area contributed by atoms with Crippen LogP contribution in [0.3, 0.4) is 0 Å². The number of rotatable bonds is 3. The summed E-state index contributed by atoms with van der Waals surface area (Å²) >= 11 is 0. The fourth-order valence-corrected chi connectivity index (χ4v) is 3.11. The van der Waals surface area contributed by atoms with E-state index < -0.39 is 0 Å². The summed E-state index contributed by atoms with van der Waals surface area (Å²) in [6.45, 7) is 5.88. The average molecular weight is 196 g/mol. The van der Waals surface area contributed by atoms with E-state index in [2.05, 4.69) is 31.1 Å². The molecule has 2 rings (SSSR count). The maximum absolute atomic E-state index is 3.70. The lowest BCUT2D eigenvalue weighted by atomic mass is 9.98. The second-order valence-corrected chi connectivity index (χ2v) is 5.60. The van der Waals surface area contributed by atoms with E-state index in [0.29, 0.717) is 0 Å². The zero-order valence-electron chi connectivity index (χ0n) is 9.79. The second kappa shape index (κ2) is 4.19. The lowest BCUT2D eigenvalue weighted by Crippen LogP contribution is -2.47. The smallest absolute Gasteiger partial charge is 0.0122 e. The zero-order valence-corrected chi connectivity index (χ0v) is 9.79. The molecule has 0 aliphatic carbocycles. The molecular formula is C12H24N2. The Bertz CT molecular complexity index is 179. The average Bonchev–Trinajstić information content (AvgIpc) is 2.44. The summed E-state index contributed by atoms with van der Waals surface area (Å²) in [6.07, 6.45) is 5.58. The van der Waals surface area contributed by atoms with E-state index in [-0.39, 0.29) is 0 Å². The number of nitrogens with one attached hydrogen (secondary N) is 1. The Kier molecular flexibility index (Phi) is 3.13. The van der Waals surface area contributed by atoms with Gasteiger partial charge in [0.2, 0.25) is 0 Å². The Hall–Kier alpha value is -0.0800. The second-order valence-electron chi connectivity index (χ2n) is 5.60. The third-order valence-corrected chi connectivity index (χ3v) is 3.72. The molecule has 2 aliphatic rings. The molecule has 2 nitrogen and oxygen atoms in total. The van der Waals surface area contributed by atoms with Gasteiger partial charge in [0.05, 0.1) is 0 Å². The van der Waals surface area contributed by atoms with E-state index in [1.807, 2.05) is 0 Å². The summed E-state index contributed by atoms with van der Waals surface area (Å²) < 4.78 is 0. The summed E-state index contributed by atoms with van der Waals surface area (Å²) in [6, 6.07) is 2.50. The molecule has 2 heteroatoms. The van der Waals surface area contributed by atoms with Crippen LogP contribution in [0.5, 0.6) is 0 Å². The van der Waals surface area contributed by atoms with Crippen LogP contribution in [0.2, 0.25) is 0 Å². The molecule has 0 amide bonds. The largest absolute Gasteiger partial charge is 0.311 e.